The van der Waals surface area contributed by atoms with Crippen LogP contribution in [0.5, 0.6) is 0 Å². The first-order chi connectivity index (χ1) is 16.1. The molecule has 1 atom stereocenters. The Balaban J connectivity index is 1.23. The number of piperidine rings is 2. The normalized spacial score (nSPS) is 21.5. The number of fused-ring (bicyclic) bond motifs is 2. The van der Waals surface area contributed by atoms with Gasteiger partial charge in [0.25, 0.3) is 11.8 Å². The molecule has 0 unspecified atom stereocenters. The number of nitrogens with zero attached hydrogens (tertiary/aromatic N) is 3. The summed E-state index contributed by atoms with van der Waals surface area (Å²) in [6.45, 7) is 6.71. The molecule has 0 aromatic heterocycles. The molecule has 0 saturated carbocycles. The summed E-state index contributed by atoms with van der Waals surface area (Å²) in [6, 6.07) is 16.3. The molecule has 174 valence electrons. The molecule has 2 aromatic carbocycles. The largest absolute Gasteiger partial charge is 0.351 e. The van der Waals surface area contributed by atoms with Crippen molar-refractivity contribution in [1.29, 1.82) is 0 Å². The molecular formula is C27H34N4O2. The third kappa shape index (κ3) is 4.49. The Morgan fingerprint density at radius 1 is 1.00 bits per heavy atom. The molecule has 3 heterocycles. The highest BCUT2D eigenvalue weighted by atomic mass is 16.2. The number of rotatable bonds is 5. The van der Waals surface area contributed by atoms with Gasteiger partial charge in [0.1, 0.15) is 6.17 Å². The number of amides is 2. The lowest BCUT2D eigenvalue weighted by Crippen LogP contribution is -2.57. The van der Waals surface area contributed by atoms with Crippen molar-refractivity contribution in [3.05, 3.63) is 65.2 Å². The van der Waals surface area contributed by atoms with Crippen molar-refractivity contribution in [2.24, 2.45) is 0 Å². The fraction of sp³-hybridized carbons (Fsp3) is 0.481. The lowest BCUT2D eigenvalue weighted by atomic mass is 9.97. The summed E-state index contributed by atoms with van der Waals surface area (Å²) in [6.07, 6.45) is 5.25. The number of carbonyl (C=O) groups excluding carboxylic acids is 2. The van der Waals surface area contributed by atoms with Gasteiger partial charge in [0.15, 0.2) is 0 Å². The number of anilines is 1. The standard InChI is InChI=1S/C27H34N4O2/c1-2-30-24-18-21(11-12-23(24)27(33)31-15-7-6-10-25(30)31)26(32)28-22-13-16-29(17-14-22)19-20-8-4-3-5-9-20/h3-5,8-9,11-12,18,22,25H,2,6-7,10,13-17,19H2,1H3,(H,28,32)/t25-/m0/s1. The van der Waals surface area contributed by atoms with Crippen molar-refractivity contribution >= 4 is 17.5 Å². The minimum absolute atomic E-state index is 0.0334. The van der Waals surface area contributed by atoms with Gasteiger partial charge >= 0.3 is 0 Å². The molecule has 6 heteroatoms. The lowest BCUT2D eigenvalue weighted by Gasteiger charge is -2.47. The second-order valence-corrected chi connectivity index (χ2v) is 9.50. The van der Waals surface area contributed by atoms with E-state index in [4.69, 9.17) is 0 Å². The summed E-state index contributed by atoms with van der Waals surface area (Å²) in [5.41, 5.74) is 3.62. The first-order valence-corrected chi connectivity index (χ1v) is 12.4. The van der Waals surface area contributed by atoms with Crippen molar-refractivity contribution < 1.29 is 9.59 Å². The molecule has 0 aliphatic carbocycles. The number of hydrogen-bond donors (Lipinski definition) is 1. The zero-order chi connectivity index (χ0) is 22.8. The zero-order valence-electron chi connectivity index (χ0n) is 19.5. The molecule has 2 amide bonds. The smallest absolute Gasteiger partial charge is 0.257 e. The molecule has 3 aliphatic rings. The van der Waals surface area contributed by atoms with Crippen LogP contribution in [0.4, 0.5) is 5.69 Å². The van der Waals surface area contributed by atoms with E-state index in [0.717, 1.165) is 76.1 Å². The molecule has 0 bridgehead atoms. The summed E-state index contributed by atoms with van der Waals surface area (Å²) < 4.78 is 0. The fourth-order valence-electron chi connectivity index (χ4n) is 5.61. The van der Waals surface area contributed by atoms with Gasteiger partial charge in [-0.2, -0.15) is 0 Å². The van der Waals surface area contributed by atoms with Crippen molar-refractivity contribution in [2.45, 2.75) is 57.8 Å². The lowest BCUT2D eigenvalue weighted by molar-refractivity contribution is 0.0582. The highest BCUT2D eigenvalue weighted by Crippen LogP contribution is 2.35. The Hall–Kier alpha value is -2.86. The molecule has 2 fully saturated rings. The van der Waals surface area contributed by atoms with Gasteiger partial charge in [0.05, 0.1) is 11.3 Å². The van der Waals surface area contributed by atoms with Crippen molar-refractivity contribution in [3.8, 4) is 0 Å². The van der Waals surface area contributed by atoms with E-state index in [2.05, 4.69) is 46.3 Å². The predicted molar refractivity (Wildman–Crippen MR) is 130 cm³/mol. The van der Waals surface area contributed by atoms with Crippen LogP contribution in [0.25, 0.3) is 0 Å². The minimum atomic E-state index is -0.0334. The summed E-state index contributed by atoms with van der Waals surface area (Å²) in [7, 11) is 0. The molecule has 2 saturated heterocycles. The number of nitrogens with one attached hydrogen (secondary N) is 1. The van der Waals surface area contributed by atoms with E-state index in [0.29, 0.717) is 5.56 Å². The molecule has 1 N–H and O–H groups in total. The SMILES string of the molecule is CCN1c2cc(C(=O)NC3CCN(Cc4ccccc4)CC3)ccc2C(=O)N2CCCC[C@H]21. The molecule has 5 rings (SSSR count). The van der Waals surface area contributed by atoms with E-state index in [9.17, 15) is 9.59 Å². The van der Waals surface area contributed by atoms with Gasteiger partial charge in [-0.3, -0.25) is 14.5 Å². The van der Waals surface area contributed by atoms with E-state index in [-0.39, 0.29) is 24.0 Å². The summed E-state index contributed by atoms with van der Waals surface area (Å²) in [5.74, 6) is 0.0750. The van der Waals surface area contributed by atoms with Crippen LogP contribution >= 0.6 is 0 Å². The van der Waals surface area contributed by atoms with Crippen LogP contribution in [0, 0.1) is 0 Å². The van der Waals surface area contributed by atoms with Crippen LogP contribution in [-0.4, -0.2) is 60.0 Å². The Bertz CT molecular complexity index is 1000. The van der Waals surface area contributed by atoms with Crippen LogP contribution in [0.1, 0.15) is 65.3 Å². The van der Waals surface area contributed by atoms with E-state index in [1.165, 1.54) is 5.56 Å². The van der Waals surface area contributed by atoms with Gasteiger partial charge < -0.3 is 15.1 Å². The molecule has 6 nitrogen and oxygen atoms in total. The molecule has 0 radical (unpaired) electrons. The van der Waals surface area contributed by atoms with E-state index >= 15 is 0 Å². The van der Waals surface area contributed by atoms with E-state index < -0.39 is 0 Å². The van der Waals surface area contributed by atoms with Crippen LogP contribution in [0.2, 0.25) is 0 Å². The van der Waals surface area contributed by atoms with Crippen LogP contribution < -0.4 is 10.2 Å². The zero-order valence-corrected chi connectivity index (χ0v) is 19.5. The Morgan fingerprint density at radius 2 is 1.79 bits per heavy atom. The second-order valence-electron chi connectivity index (χ2n) is 9.50. The Labute approximate surface area is 196 Å². The van der Waals surface area contributed by atoms with Gasteiger partial charge in [0, 0.05) is 44.3 Å². The topological polar surface area (TPSA) is 55.9 Å². The van der Waals surface area contributed by atoms with Crippen molar-refractivity contribution in [2.75, 3.05) is 31.1 Å². The third-order valence-electron chi connectivity index (χ3n) is 7.40. The summed E-state index contributed by atoms with van der Waals surface area (Å²) >= 11 is 0. The van der Waals surface area contributed by atoms with Gasteiger partial charge in [-0.25, -0.2) is 0 Å². The quantitative estimate of drug-likeness (QED) is 0.758. The molecule has 3 aliphatic heterocycles. The summed E-state index contributed by atoms with van der Waals surface area (Å²) in [5, 5.41) is 3.25. The van der Waals surface area contributed by atoms with Gasteiger partial charge in [0.2, 0.25) is 0 Å². The average molecular weight is 447 g/mol. The van der Waals surface area contributed by atoms with Crippen molar-refractivity contribution in [1.82, 2.24) is 15.1 Å². The Kier molecular flexibility index (Phi) is 6.36. The van der Waals surface area contributed by atoms with Gasteiger partial charge in [-0.15, -0.1) is 0 Å². The predicted octanol–water partition coefficient (Wildman–Crippen LogP) is 3.87. The molecule has 2 aromatic rings. The highest BCUT2D eigenvalue weighted by Gasteiger charge is 2.38. The number of likely N-dealkylation sites (tertiary alicyclic amines) is 1. The number of carbonyl (C=O) groups is 2. The monoisotopic (exact) mass is 446 g/mol. The van der Waals surface area contributed by atoms with Crippen molar-refractivity contribution in [3.63, 3.8) is 0 Å². The van der Waals surface area contributed by atoms with Gasteiger partial charge in [-0.1, -0.05) is 30.3 Å². The summed E-state index contributed by atoms with van der Waals surface area (Å²) in [4.78, 5) is 32.9. The second kappa shape index (κ2) is 9.56. The third-order valence-corrected chi connectivity index (χ3v) is 7.40. The maximum atomic E-state index is 13.1. The van der Waals surface area contributed by atoms with Gasteiger partial charge in [-0.05, 0) is 62.8 Å². The Morgan fingerprint density at radius 3 is 2.55 bits per heavy atom. The first kappa shape index (κ1) is 22.0. The highest BCUT2D eigenvalue weighted by molar-refractivity contribution is 6.04. The van der Waals surface area contributed by atoms with Crippen LogP contribution in [0.15, 0.2) is 48.5 Å². The average Bonchev–Trinajstić information content (AvgIpc) is 2.86. The number of benzene rings is 2. The fourth-order valence-corrected chi connectivity index (χ4v) is 5.61. The van der Waals surface area contributed by atoms with Crippen LogP contribution in [-0.2, 0) is 6.54 Å². The van der Waals surface area contributed by atoms with E-state index in [1.54, 1.807) is 0 Å². The molecular weight excluding hydrogens is 412 g/mol. The number of hydrogen-bond acceptors (Lipinski definition) is 4. The van der Waals surface area contributed by atoms with E-state index in [1.807, 2.05) is 29.2 Å². The minimum Gasteiger partial charge on any atom is -0.351 e. The maximum Gasteiger partial charge on any atom is 0.257 e. The molecule has 0 spiro atoms. The molecule has 33 heavy (non-hydrogen) atoms. The van der Waals surface area contributed by atoms with Crippen LogP contribution in [0.3, 0.4) is 0 Å². The first-order valence-electron chi connectivity index (χ1n) is 12.4. The maximum absolute atomic E-state index is 13.1.